The molecule has 11 heteroatoms. The topological polar surface area (TPSA) is 115 Å². The Morgan fingerprint density at radius 1 is 1.28 bits per heavy atom. The van der Waals surface area contributed by atoms with Gasteiger partial charge in [0.15, 0.2) is 11.5 Å². The lowest BCUT2D eigenvalue weighted by molar-refractivity contribution is 0.298. The minimum atomic E-state index is -0.445. The van der Waals surface area contributed by atoms with E-state index in [1.54, 1.807) is 33.7 Å². The van der Waals surface area contributed by atoms with Gasteiger partial charge in [-0.2, -0.15) is 4.52 Å². The van der Waals surface area contributed by atoms with Crippen LogP contribution in [0, 0.1) is 5.82 Å². The number of aliphatic hydroxyl groups excluding tert-OH is 1. The monoisotopic (exact) mass is 398 g/mol. The molecule has 0 fully saturated rings. The second kappa shape index (κ2) is 7.80. The molecule has 0 spiro atoms. The van der Waals surface area contributed by atoms with Gasteiger partial charge in [-0.15, -0.1) is 10.2 Å². The van der Waals surface area contributed by atoms with Gasteiger partial charge in [-0.25, -0.2) is 19.0 Å². The molecular weight excluding hydrogens is 379 g/mol. The highest BCUT2D eigenvalue weighted by molar-refractivity contribution is 5.49. The van der Waals surface area contributed by atoms with E-state index in [2.05, 4.69) is 30.7 Å². The Labute approximate surface area is 165 Å². The largest absolute Gasteiger partial charge is 0.481 e. The average molecular weight is 398 g/mol. The van der Waals surface area contributed by atoms with Gasteiger partial charge in [-0.3, -0.25) is 0 Å². The highest BCUT2D eigenvalue weighted by Crippen LogP contribution is 2.26. The van der Waals surface area contributed by atoms with Gasteiger partial charge in [0.05, 0.1) is 37.4 Å². The van der Waals surface area contributed by atoms with Crippen LogP contribution in [0.15, 0.2) is 36.8 Å². The quantitative estimate of drug-likeness (QED) is 0.482. The average Bonchev–Trinajstić information content (AvgIpc) is 3.34. The zero-order chi connectivity index (χ0) is 20.4. The van der Waals surface area contributed by atoms with E-state index in [4.69, 9.17) is 9.84 Å². The number of aliphatic hydroxyl groups is 1. The van der Waals surface area contributed by atoms with Crippen LogP contribution in [-0.4, -0.2) is 53.4 Å². The Hall–Kier alpha value is -3.60. The molecule has 0 unspecified atom stereocenters. The Balaban J connectivity index is 1.64. The second-order valence-corrected chi connectivity index (χ2v) is 6.35. The molecule has 0 aliphatic carbocycles. The molecule has 0 aliphatic rings. The lowest BCUT2D eigenvalue weighted by Gasteiger charge is -2.17. The first-order valence-corrected chi connectivity index (χ1v) is 8.92. The van der Waals surface area contributed by atoms with Crippen molar-refractivity contribution in [2.45, 2.75) is 19.4 Å². The van der Waals surface area contributed by atoms with Crippen molar-refractivity contribution in [2.24, 2.45) is 0 Å². The summed E-state index contributed by atoms with van der Waals surface area (Å²) in [5.41, 5.74) is 1.86. The summed E-state index contributed by atoms with van der Waals surface area (Å²) in [6, 6.07) is 4.65. The number of halogens is 1. The standard InChI is InChI=1S/C18H19FN8O2/c1-11(14-7-12(19)8-21-18(14)29-2)22-15-3-4-16-20-9-17(27(16)24-15)26-10-13(5-6-28)23-25-26/h3-4,7-11,28H,5-6H2,1-2H3,(H,22,24)/t11-/m1/s1. The predicted octanol–water partition coefficient (Wildman–Crippen LogP) is 1.56. The molecule has 0 aromatic carbocycles. The van der Waals surface area contributed by atoms with Crippen LogP contribution in [0.2, 0.25) is 0 Å². The number of hydrogen-bond acceptors (Lipinski definition) is 8. The fourth-order valence-electron chi connectivity index (χ4n) is 2.96. The normalized spacial score (nSPS) is 12.3. The van der Waals surface area contributed by atoms with Crippen LogP contribution in [0.1, 0.15) is 24.2 Å². The maximum atomic E-state index is 13.6. The summed E-state index contributed by atoms with van der Waals surface area (Å²) in [5, 5.41) is 24.9. The third-order valence-corrected chi connectivity index (χ3v) is 4.36. The Kier molecular flexibility index (Phi) is 5.04. The van der Waals surface area contributed by atoms with Crippen LogP contribution in [0.5, 0.6) is 5.88 Å². The van der Waals surface area contributed by atoms with Gasteiger partial charge < -0.3 is 15.2 Å². The number of methoxy groups -OCH3 is 1. The van der Waals surface area contributed by atoms with E-state index >= 15 is 0 Å². The van der Waals surface area contributed by atoms with Gasteiger partial charge in [0, 0.05) is 18.6 Å². The van der Waals surface area contributed by atoms with Crippen molar-refractivity contribution in [3.8, 4) is 11.7 Å². The Morgan fingerprint density at radius 2 is 2.14 bits per heavy atom. The lowest BCUT2D eigenvalue weighted by Crippen LogP contribution is -2.12. The summed E-state index contributed by atoms with van der Waals surface area (Å²) < 4.78 is 22.0. The molecule has 0 radical (unpaired) electrons. The van der Waals surface area contributed by atoms with Crippen molar-refractivity contribution < 1.29 is 14.2 Å². The lowest BCUT2D eigenvalue weighted by atomic mass is 10.1. The van der Waals surface area contributed by atoms with Gasteiger partial charge in [0.2, 0.25) is 5.88 Å². The number of ether oxygens (including phenoxy) is 1. The molecule has 4 heterocycles. The van der Waals surface area contributed by atoms with Gasteiger partial charge >= 0.3 is 0 Å². The molecule has 1 atom stereocenters. The summed E-state index contributed by atoms with van der Waals surface area (Å²) in [6.45, 7) is 1.85. The van der Waals surface area contributed by atoms with Crippen LogP contribution in [-0.2, 0) is 6.42 Å². The first-order chi connectivity index (χ1) is 14.1. The molecule has 0 saturated heterocycles. The number of imidazole rings is 1. The molecule has 29 heavy (non-hydrogen) atoms. The Morgan fingerprint density at radius 3 is 2.93 bits per heavy atom. The number of hydrogen-bond donors (Lipinski definition) is 2. The molecule has 0 aliphatic heterocycles. The maximum Gasteiger partial charge on any atom is 0.218 e. The van der Waals surface area contributed by atoms with E-state index < -0.39 is 5.82 Å². The van der Waals surface area contributed by atoms with E-state index in [-0.39, 0.29) is 12.6 Å². The molecule has 4 aromatic heterocycles. The molecule has 4 aromatic rings. The number of pyridine rings is 1. The van der Waals surface area contributed by atoms with E-state index in [0.29, 0.717) is 40.8 Å². The number of nitrogens with zero attached hydrogens (tertiary/aromatic N) is 7. The van der Waals surface area contributed by atoms with Crippen molar-refractivity contribution in [2.75, 3.05) is 19.0 Å². The predicted molar refractivity (Wildman–Crippen MR) is 101 cm³/mol. The molecule has 0 saturated carbocycles. The smallest absolute Gasteiger partial charge is 0.218 e. The molecule has 0 amide bonds. The summed E-state index contributed by atoms with van der Waals surface area (Å²) in [7, 11) is 1.49. The first-order valence-electron chi connectivity index (χ1n) is 8.92. The summed E-state index contributed by atoms with van der Waals surface area (Å²) in [6.07, 6.45) is 4.87. The van der Waals surface area contributed by atoms with E-state index in [1.807, 2.05) is 6.92 Å². The van der Waals surface area contributed by atoms with Crippen molar-refractivity contribution in [3.05, 3.63) is 53.9 Å². The van der Waals surface area contributed by atoms with Crippen molar-refractivity contribution in [3.63, 3.8) is 0 Å². The fourth-order valence-corrected chi connectivity index (χ4v) is 2.96. The van der Waals surface area contributed by atoms with Crippen LogP contribution in [0.4, 0.5) is 10.2 Å². The highest BCUT2D eigenvalue weighted by atomic mass is 19.1. The SMILES string of the molecule is COc1ncc(F)cc1[C@@H](C)Nc1ccc2ncc(-n3cc(CCO)nn3)n2n1. The first kappa shape index (κ1) is 18.7. The van der Waals surface area contributed by atoms with Crippen LogP contribution >= 0.6 is 0 Å². The van der Waals surface area contributed by atoms with E-state index in [9.17, 15) is 4.39 Å². The fraction of sp³-hybridized carbons (Fsp3) is 0.278. The molecule has 0 bridgehead atoms. The third-order valence-electron chi connectivity index (χ3n) is 4.36. The van der Waals surface area contributed by atoms with Crippen molar-refractivity contribution in [1.82, 2.24) is 34.6 Å². The van der Waals surface area contributed by atoms with Crippen LogP contribution in [0.25, 0.3) is 11.5 Å². The molecule has 150 valence electrons. The van der Waals surface area contributed by atoms with Gasteiger partial charge in [-0.1, -0.05) is 5.21 Å². The number of nitrogens with one attached hydrogen (secondary N) is 1. The van der Waals surface area contributed by atoms with Crippen molar-refractivity contribution in [1.29, 1.82) is 0 Å². The molecular formula is C18H19FN8O2. The van der Waals surface area contributed by atoms with Crippen LogP contribution in [0.3, 0.4) is 0 Å². The minimum Gasteiger partial charge on any atom is -0.481 e. The molecule has 4 rings (SSSR count). The van der Waals surface area contributed by atoms with Gasteiger partial charge in [0.25, 0.3) is 0 Å². The number of rotatable bonds is 7. The third kappa shape index (κ3) is 3.72. The van der Waals surface area contributed by atoms with E-state index in [0.717, 1.165) is 6.20 Å². The maximum absolute atomic E-state index is 13.6. The zero-order valence-electron chi connectivity index (χ0n) is 15.8. The van der Waals surface area contributed by atoms with Gasteiger partial charge in [-0.05, 0) is 25.1 Å². The summed E-state index contributed by atoms with van der Waals surface area (Å²) in [5.74, 6) is 1.04. The number of anilines is 1. The minimum absolute atomic E-state index is 0.00550. The van der Waals surface area contributed by atoms with Gasteiger partial charge in [0.1, 0.15) is 11.6 Å². The second-order valence-electron chi connectivity index (χ2n) is 6.35. The molecule has 2 N–H and O–H groups in total. The summed E-state index contributed by atoms with van der Waals surface area (Å²) >= 11 is 0. The zero-order valence-corrected chi connectivity index (χ0v) is 15.8. The number of aromatic nitrogens is 7. The number of fused-ring (bicyclic) bond motifs is 1. The molecule has 10 nitrogen and oxygen atoms in total. The van der Waals surface area contributed by atoms with E-state index in [1.165, 1.54) is 13.2 Å². The van der Waals surface area contributed by atoms with Crippen LogP contribution < -0.4 is 10.1 Å². The Bertz CT molecular complexity index is 1140. The van der Waals surface area contributed by atoms with Crippen molar-refractivity contribution >= 4 is 11.5 Å². The highest BCUT2D eigenvalue weighted by Gasteiger charge is 2.16. The summed E-state index contributed by atoms with van der Waals surface area (Å²) in [4.78, 5) is 8.29.